The fourth-order valence-corrected chi connectivity index (χ4v) is 1.65. The fourth-order valence-electron chi connectivity index (χ4n) is 1.65. The number of rotatable bonds is 3. The number of phenols is 1. The summed E-state index contributed by atoms with van der Waals surface area (Å²) in [4.78, 5) is 23.9. The van der Waals surface area contributed by atoms with E-state index < -0.39 is 11.6 Å². The second-order valence-electron chi connectivity index (χ2n) is 4.03. The van der Waals surface area contributed by atoms with Crippen molar-refractivity contribution in [2.75, 3.05) is 0 Å². The summed E-state index contributed by atoms with van der Waals surface area (Å²) in [5.74, 6) is -0.997. The predicted molar refractivity (Wildman–Crippen MR) is 67.9 cm³/mol. The highest BCUT2D eigenvalue weighted by Gasteiger charge is 2.18. The molecule has 3 nitrogen and oxygen atoms in total. The fraction of sp³-hybridized carbons (Fsp3) is 0.0667. The van der Waals surface area contributed by atoms with Gasteiger partial charge in [0.1, 0.15) is 5.75 Å². The Balaban J connectivity index is 2.32. The molecule has 0 amide bonds. The lowest BCUT2D eigenvalue weighted by Crippen LogP contribution is -2.14. The van der Waals surface area contributed by atoms with Crippen molar-refractivity contribution in [1.82, 2.24) is 0 Å². The van der Waals surface area contributed by atoms with Crippen molar-refractivity contribution in [1.29, 1.82) is 0 Å². The number of ketones is 2. The molecule has 0 heterocycles. The minimum atomic E-state index is -0.565. The monoisotopic (exact) mass is 240 g/mol. The summed E-state index contributed by atoms with van der Waals surface area (Å²) in [6.45, 7) is 1.68. The highest BCUT2D eigenvalue weighted by atomic mass is 16.3. The lowest BCUT2D eigenvalue weighted by atomic mass is 10.00. The number of benzene rings is 2. The molecule has 0 aliphatic rings. The first-order chi connectivity index (χ1) is 8.59. The maximum atomic E-state index is 12.0. The second kappa shape index (κ2) is 4.84. The molecule has 3 heteroatoms. The standard InChI is InChI=1S/C15H12O3/c1-10-9-12(7-8-13(10)16)15(18)14(17)11-5-3-2-4-6-11/h2-9,16H,1H3. The van der Waals surface area contributed by atoms with Crippen LogP contribution in [-0.4, -0.2) is 16.7 Å². The minimum Gasteiger partial charge on any atom is -0.508 e. The number of hydrogen-bond donors (Lipinski definition) is 1. The Kier molecular flexibility index (Phi) is 3.24. The Morgan fingerprint density at radius 3 is 2.11 bits per heavy atom. The summed E-state index contributed by atoms with van der Waals surface area (Å²) in [5.41, 5.74) is 1.23. The van der Waals surface area contributed by atoms with Crippen molar-refractivity contribution in [3.05, 3.63) is 65.2 Å². The van der Waals surface area contributed by atoms with Crippen LogP contribution in [0.5, 0.6) is 5.75 Å². The largest absolute Gasteiger partial charge is 0.508 e. The average molecular weight is 240 g/mol. The van der Waals surface area contributed by atoms with E-state index in [9.17, 15) is 14.7 Å². The summed E-state index contributed by atoms with van der Waals surface area (Å²) in [7, 11) is 0. The lowest BCUT2D eigenvalue weighted by Gasteiger charge is -2.03. The van der Waals surface area contributed by atoms with Crippen molar-refractivity contribution >= 4 is 11.6 Å². The zero-order chi connectivity index (χ0) is 13.1. The van der Waals surface area contributed by atoms with Gasteiger partial charge in [0.15, 0.2) is 0 Å². The number of aromatic hydroxyl groups is 1. The second-order valence-corrected chi connectivity index (χ2v) is 4.03. The first kappa shape index (κ1) is 12.0. The van der Waals surface area contributed by atoms with Crippen molar-refractivity contribution in [2.24, 2.45) is 0 Å². The Bertz CT molecular complexity index is 600. The molecule has 90 valence electrons. The maximum Gasteiger partial charge on any atom is 0.233 e. The van der Waals surface area contributed by atoms with E-state index in [1.165, 1.54) is 18.2 Å². The number of carbonyl (C=O) groups is 2. The SMILES string of the molecule is Cc1cc(C(=O)C(=O)c2ccccc2)ccc1O. The molecule has 0 atom stereocenters. The Morgan fingerprint density at radius 1 is 0.889 bits per heavy atom. The summed E-state index contributed by atoms with van der Waals surface area (Å²) in [5, 5.41) is 9.38. The van der Waals surface area contributed by atoms with E-state index in [0.29, 0.717) is 16.7 Å². The normalized spacial score (nSPS) is 10.1. The summed E-state index contributed by atoms with van der Waals surface area (Å²) < 4.78 is 0. The zero-order valence-electron chi connectivity index (χ0n) is 9.88. The number of aryl methyl sites for hydroxylation is 1. The maximum absolute atomic E-state index is 12.0. The first-order valence-electron chi connectivity index (χ1n) is 5.53. The average Bonchev–Trinajstić information content (AvgIpc) is 2.41. The molecule has 0 saturated carbocycles. The highest BCUT2D eigenvalue weighted by molar-refractivity contribution is 6.49. The Morgan fingerprint density at radius 2 is 1.50 bits per heavy atom. The van der Waals surface area contributed by atoms with E-state index in [0.717, 1.165) is 0 Å². The quantitative estimate of drug-likeness (QED) is 0.663. The van der Waals surface area contributed by atoms with Crippen LogP contribution >= 0.6 is 0 Å². The third-order valence-electron chi connectivity index (χ3n) is 2.70. The van der Waals surface area contributed by atoms with Crippen molar-refractivity contribution in [2.45, 2.75) is 6.92 Å². The topological polar surface area (TPSA) is 54.4 Å². The Labute approximate surface area is 105 Å². The molecule has 0 aliphatic carbocycles. The number of phenolic OH excluding ortho intramolecular Hbond substituents is 1. The van der Waals surface area contributed by atoms with Crippen LogP contribution in [0.1, 0.15) is 26.3 Å². The molecule has 18 heavy (non-hydrogen) atoms. The van der Waals surface area contributed by atoms with Crippen LogP contribution in [0, 0.1) is 6.92 Å². The molecule has 0 radical (unpaired) electrons. The van der Waals surface area contributed by atoms with Gasteiger partial charge in [-0.15, -0.1) is 0 Å². The van der Waals surface area contributed by atoms with E-state index in [-0.39, 0.29) is 5.75 Å². The van der Waals surface area contributed by atoms with Crippen molar-refractivity contribution in [3.63, 3.8) is 0 Å². The van der Waals surface area contributed by atoms with Crippen LogP contribution in [0.2, 0.25) is 0 Å². The molecule has 0 spiro atoms. The van der Waals surface area contributed by atoms with Crippen LogP contribution in [-0.2, 0) is 0 Å². The van der Waals surface area contributed by atoms with Crippen molar-refractivity contribution in [3.8, 4) is 5.75 Å². The lowest BCUT2D eigenvalue weighted by molar-refractivity contribution is 0.0817. The summed E-state index contributed by atoms with van der Waals surface area (Å²) >= 11 is 0. The number of hydrogen-bond acceptors (Lipinski definition) is 3. The molecule has 0 aromatic heterocycles. The highest BCUT2D eigenvalue weighted by Crippen LogP contribution is 2.18. The van der Waals surface area contributed by atoms with Gasteiger partial charge in [0.2, 0.25) is 11.6 Å². The van der Waals surface area contributed by atoms with E-state index in [1.807, 2.05) is 0 Å². The van der Waals surface area contributed by atoms with Gasteiger partial charge < -0.3 is 5.11 Å². The van der Waals surface area contributed by atoms with Crippen LogP contribution in [0.15, 0.2) is 48.5 Å². The molecule has 2 aromatic rings. The molecule has 2 rings (SSSR count). The van der Waals surface area contributed by atoms with Gasteiger partial charge in [-0.3, -0.25) is 9.59 Å². The van der Waals surface area contributed by atoms with E-state index in [4.69, 9.17) is 0 Å². The summed E-state index contributed by atoms with van der Waals surface area (Å²) in [6, 6.07) is 12.8. The van der Waals surface area contributed by atoms with Gasteiger partial charge in [-0.1, -0.05) is 30.3 Å². The van der Waals surface area contributed by atoms with Crippen molar-refractivity contribution < 1.29 is 14.7 Å². The molecule has 2 aromatic carbocycles. The molecular formula is C15H12O3. The number of carbonyl (C=O) groups excluding carboxylic acids is 2. The third-order valence-corrected chi connectivity index (χ3v) is 2.70. The third kappa shape index (κ3) is 2.30. The molecule has 0 fully saturated rings. The van der Waals surface area contributed by atoms with Gasteiger partial charge in [-0.25, -0.2) is 0 Å². The molecule has 1 N–H and O–H groups in total. The van der Waals surface area contributed by atoms with Gasteiger partial charge in [0, 0.05) is 11.1 Å². The minimum absolute atomic E-state index is 0.110. The van der Waals surface area contributed by atoms with E-state index in [1.54, 1.807) is 37.3 Å². The molecule has 0 saturated heterocycles. The molecule has 0 bridgehead atoms. The van der Waals surface area contributed by atoms with Crippen LogP contribution < -0.4 is 0 Å². The Hall–Kier alpha value is -2.42. The van der Waals surface area contributed by atoms with E-state index >= 15 is 0 Å². The van der Waals surface area contributed by atoms with Crippen LogP contribution in [0.25, 0.3) is 0 Å². The van der Waals surface area contributed by atoms with Crippen LogP contribution in [0.4, 0.5) is 0 Å². The first-order valence-corrected chi connectivity index (χ1v) is 5.53. The molecule has 0 unspecified atom stereocenters. The van der Waals surface area contributed by atoms with Gasteiger partial charge in [-0.2, -0.15) is 0 Å². The van der Waals surface area contributed by atoms with Crippen LogP contribution in [0.3, 0.4) is 0 Å². The van der Waals surface area contributed by atoms with Gasteiger partial charge in [0.25, 0.3) is 0 Å². The predicted octanol–water partition coefficient (Wildman–Crippen LogP) is 2.77. The zero-order valence-corrected chi connectivity index (χ0v) is 9.88. The van der Waals surface area contributed by atoms with Gasteiger partial charge >= 0.3 is 0 Å². The van der Waals surface area contributed by atoms with Gasteiger partial charge in [0.05, 0.1) is 0 Å². The molecular weight excluding hydrogens is 228 g/mol. The van der Waals surface area contributed by atoms with Gasteiger partial charge in [-0.05, 0) is 30.7 Å². The molecule has 0 aliphatic heterocycles. The number of Topliss-reactive ketones (excluding diaryl/α,β-unsaturated/α-hetero) is 2. The van der Waals surface area contributed by atoms with E-state index in [2.05, 4.69) is 0 Å². The summed E-state index contributed by atoms with van der Waals surface area (Å²) in [6.07, 6.45) is 0. The smallest absolute Gasteiger partial charge is 0.233 e.